The van der Waals surface area contributed by atoms with Crippen LogP contribution in [0.3, 0.4) is 0 Å². The fourth-order valence-corrected chi connectivity index (χ4v) is 3.66. The molecule has 7 nitrogen and oxygen atoms in total. The minimum atomic E-state index is -0.0630. The van der Waals surface area contributed by atoms with Crippen molar-refractivity contribution in [1.29, 1.82) is 0 Å². The largest absolute Gasteiger partial charge is 0.493 e. The summed E-state index contributed by atoms with van der Waals surface area (Å²) < 4.78 is 11.4. The molecule has 168 valence electrons. The molecule has 0 radical (unpaired) electrons. The summed E-state index contributed by atoms with van der Waals surface area (Å²) >= 11 is 0. The van der Waals surface area contributed by atoms with E-state index >= 15 is 0 Å². The van der Waals surface area contributed by atoms with Crippen LogP contribution in [0.1, 0.15) is 32.4 Å². The summed E-state index contributed by atoms with van der Waals surface area (Å²) in [7, 11) is 1.65. The van der Waals surface area contributed by atoms with Gasteiger partial charge in [0.2, 0.25) is 0 Å². The van der Waals surface area contributed by atoms with Crippen molar-refractivity contribution < 1.29 is 9.47 Å². The van der Waals surface area contributed by atoms with E-state index in [0.717, 1.165) is 62.2 Å². The number of hydrogen-bond acceptors (Lipinski definition) is 5. The smallest absolute Gasteiger partial charge is 0.191 e. The third-order valence-corrected chi connectivity index (χ3v) is 5.29. The first-order valence-corrected chi connectivity index (χ1v) is 11.1. The van der Waals surface area contributed by atoms with Gasteiger partial charge in [-0.25, -0.2) is 4.99 Å². The Kier molecular flexibility index (Phi) is 8.97. The molecule has 0 aliphatic carbocycles. The van der Waals surface area contributed by atoms with E-state index in [-0.39, 0.29) is 6.10 Å². The van der Waals surface area contributed by atoms with E-state index in [2.05, 4.69) is 33.5 Å². The third-order valence-electron chi connectivity index (χ3n) is 5.29. The van der Waals surface area contributed by atoms with Crippen LogP contribution < -0.4 is 20.1 Å². The molecule has 0 amide bonds. The highest BCUT2D eigenvalue weighted by molar-refractivity contribution is 5.80. The summed E-state index contributed by atoms with van der Waals surface area (Å²) in [4.78, 5) is 11.7. The molecule has 1 saturated heterocycles. The quantitative estimate of drug-likeness (QED) is 0.475. The van der Waals surface area contributed by atoms with Gasteiger partial charge in [0, 0.05) is 38.4 Å². The highest BCUT2D eigenvalue weighted by Gasteiger charge is 2.20. The lowest BCUT2D eigenvalue weighted by atomic mass is 10.0. The first kappa shape index (κ1) is 22.9. The number of likely N-dealkylation sites (tertiary alicyclic amines) is 1. The van der Waals surface area contributed by atoms with Crippen LogP contribution in [0.25, 0.3) is 0 Å². The number of methoxy groups -OCH3 is 1. The molecule has 31 heavy (non-hydrogen) atoms. The van der Waals surface area contributed by atoms with Crippen molar-refractivity contribution in [3.8, 4) is 11.5 Å². The minimum absolute atomic E-state index is 0.0630. The maximum atomic E-state index is 6.03. The molecule has 1 atom stereocenters. The lowest BCUT2D eigenvalue weighted by Gasteiger charge is -2.33. The van der Waals surface area contributed by atoms with E-state index in [4.69, 9.17) is 14.5 Å². The molecule has 0 spiro atoms. The number of nitrogens with one attached hydrogen (secondary N) is 2. The molecule has 1 unspecified atom stereocenters. The molecule has 2 heterocycles. The van der Waals surface area contributed by atoms with Crippen molar-refractivity contribution in [3.05, 3.63) is 54.4 Å². The fraction of sp³-hybridized carbons (Fsp3) is 0.500. The zero-order chi connectivity index (χ0) is 21.9. The number of aromatic nitrogens is 1. The van der Waals surface area contributed by atoms with Gasteiger partial charge in [-0.2, -0.15) is 0 Å². The van der Waals surface area contributed by atoms with E-state index < -0.39 is 0 Å². The first-order valence-electron chi connectivity index (χ1n) is 11.1. The van der Waals surface area contributed by atoms with Crippen LogP contribution in [0.4, 0.5) is 0 Å². The predicted octanol–water partition coefficient (Wildman–Crippen LogP) is 3.08. The molecule has 1 aromatic carbocycles. The zero-order valence-corrected chi connectivity index (χ0v) is 18.9. The summed E-state index contributed by atoms with van der Waals surface area (Å²) in [5.74, 6) is 2.33. The topological polar surface area (TPSA) is 71.0 Å². The maximum Gasteiger partial charge on any atom is 0.191 e. The number of para-hydroxylation sites is 2. The van der Waals surface area contributed by atoms with Crippen molar-refractivity contribution in [1.82, 2.24) is 20.5 Å². The molecule has 7 heteroatoms. The van der Waals surface area contributed by atoms with E-state index in [1.165, 1.54) is 0 Å². The number of rotatable bonds is 9. The Balaban J connectivity index is 1.47. The summed E-state index contributed by atoms with van der Waals surface area (Å²) in [6.07, 6.45) is 3.98. The van der Waals surface area contributed by atoms with Crippen LogP contribution >= 0.6 is 0 Å². The predicted molar refractivity (Wildman–Crippen MR) is 125 cm³/mol. The Morgan fingerprint density at radius 2 is 1.90 bits per heavy atom. The molecule has 2 N–H and O–H groups in total. The molecule has 1 fully saturated rings. The first-order chi connectivity index (χ1) is 15.2. The molecule has 0 bridgehead atoms. The summed E-state index contributed by atoms with van der Waals surface area (Å²) in [6.45, 7) is 8.52. The molecule has 1 aromatic heterocycles. The number of hydrogen-bond donors (Lipinski definition) is 2. The van der Waals surface area contributed by atoms with E-state index in [1.54, 1.807) is 7.11 Å². The number of benzene rings is 1. The van der Waals surface area contributed by atoms with Gasteiger partial charge in [-0.3, -0.25) is 9.88 Å². The Bertz CT molecular complexity index is 807. The molecular formula is C24H35N5O2. The van der Waals surface area contributed by atoms with E-state index in [9.17, 15) is 0 Å². The van der Waals surface area contributed by atoms with Crippen molar-refractivity contribution >= 4 is 5.96 Å². The minimum Gasteiger partial charge on any atom is -0.493 e. The Hall–Kier alpha value is -2.80. The average Bonchev–Trinajstić information content (AvgIpc) is 2.80. The highest BCUT2D eigenvalue weighted by atomic mass is 16.5. The second kappa shape index (κ2) is 12.2. The number of pyridine rings is 1. The van der Waals surface area contributed by atoms with Gasteiger partial charge < -0.3 is 20.1 Å². The lowest BCUT2D eigenvalue weighted by molar-refractivity contribution is 0.196. The third kappa shape index (κ3) is 7.43. The molecule has 3 rings (SSSR count). The SMILES string of the molecule is CCNC(=NCC(C)Oc1ccccc1OC)NC1CCN(Cc2ccccn2)CC1. The Morgan fingerprint density at radius 3 is 2.58 bits per heavy atom. The molecule has 1 aliphatic heterocycles. The normalized spacial score (nSPS) is 16.5. The van der Waals surface area contributed by atoms with Crippen LogP contribution in [0.5, 0.6) is 11.5 Å². The van der Waals surface area contributed by atoms with Crippen LogP contribution in [-0.2, 0) is 6.54 Å². The molecule has 0 saturated carbocycles. The molecule has 2 aromatic rings. The fourth-order valence-electron chi connectivity index (χ4n) is 3.66. The number of nitrogens with zero attached hydrogens (tertiary/aromatic N) is 3. The number of piperidine rings is 1. The second-order valence-corrected chi connectivity index (χ2v) is 7.81. The van der Waals surface area contributed by atoms with Crippen molar-refractivity contribution in [2.24, 2.45) is 4.99 Å². The summed E-state index contributed by atoms with van der Waals surface area (Å²) in [5, 5.41) is 6.96. The molecular weight excluding hydrogens is 390 g/mol. The van der Waals surface area contributed by atoms with Crippen LogP contribution in [0.15, 0.2) is 53.7 Å². The van der Waals surface area contributed by atoms with Gasteiger partial charge in [-0.1, -0.05) is 18.2 Å². The van der Waals surface area contributed by atoms with Gasteiger partial charge in [-0.05, 0) is 51.0 Å². The van der Waals surface area contributed by atoms with Crippen molar-refractivity contribution in [2.75, 3.05) is 33.3 Å². The summed E-state index contributed by atoms with van der Waals surface area (Å²) in [5.41, 5.74) is 1.13. The van der Waals surface area contributed by atoms with Gasteiger partial charge in [0.15, 0.2) is 17.5 Å². The number of ether oxygens (including phenoxy) is 2. The van der Waals surface area contributed by atoms with Gasteiger partial charge in [0.25, 0.3) is 0 Å². The summed E-state index contributed by atoms with van der Waals surface area (Å²) in [6, 6.07) is 14.2. The highest BCUT2D eigenvalue weighted by Crippen LogP contribution is 2.26. The van der Waals surface area contributed by atoms with Crippen molar-refractivity contribution in [2.45, 2.75) is 45.4 Å². The number of guanidine groups is 1. The van der Waals surface area contributed by atoms with Gasteiger partial charge in [0.1, 0.15) is 6.10 Å². The van der Waals surface area contributed by atoms with E-state index in [0.29, 0.717) is 12.6 Å². The van der Waals surface area contributed by atoms with E-state index in [1.807, 2.05) is 49.5 Å². The van der Waals surface area contributed by atoms with Crippen LogP contribution in [0, 0.1) is 0 Å². The number of aliphatic imine (C=N–C) groups is 1. The van der Waals surface area contributed by atoms with Gasteiger partial charge in [-0.15, -0.1) is 0 Å². The van der Waals surface area contributed by atoms with Gasteiger partial charge >= 0.3 is 0 Å². The maximum absolute atomic E-state index is 6.03. The zero-order valence-electron chi connectivity index (χ0n) is 18.9. The Labute approximate surface area is 185 Å². The second-order valence-electron chi connectivity index (χ2n) is 7.81. The average molecular weight is 426 g/mol. The lowest BCUT2D eigenvalue weighted by Crippen LogP contribution is -2.48. The monoisotopic (exact) mass is 425 g/mol. The van der Waals surface area contributed by atoms with Crippen LogP contribution in [-0.4, -0.2) is 61.3 Å². The Morgan fingerprint density at radius 1 is 1.16 bits per heavy atom. The standard InChI is InChI=1S/C24H35N5O2/c1-4-25-24(27-17-19(2)31-23-11-6-5-10-22(23)30-3)28-20-12-15-29(16-13-20)18-21-9-7-8-14-26-21/h5-11,14,19-20H,4,12-13,15-18H2,1-3H3,(H2,25,27,28). The van der Waals surface area contributed by atoms with Crippen LogP contribution in [0.2, 0.25) is 0 Å². The molecule has 1 aliphatic rings. The van der Waals surface area contributed by atoms with Crippen molar-refractivity contribution in [3.63, 3.8) is 0 Å². The van der Waals surface area contributed by atoms with Gasteiger partial charge in [0.05, 0.1) is 19.3 Å².